The van der Waals surface area contributed by atoms with Gasteiger partial charge in [-0.05, 0) is 50.5 Å². The van der Waals surface area contributed by atoms with Gasteiger partial charge in [0.05, 0.1) is 0 Å². The lowest BCUT2D eigenvalue weighted by Gasteiger charge is -2.34. The lowest BCUT2D eigenvalue weighted by molar-refractivity contribution is -0.142. The molecule has 1 N–H and O–H groups in total. The van der Waals surface area contributed by atoms with E-state index >= 15 is 0 Å². The van der Waals surface area contributed by atoms with E-state index in [-0.39, 0.29) is 30.7 Å². The van der Waals surface area contributed by atoms with E-state index in [0.29, 0.717) is 22.0 Å². The van der Waals surface area contributed by atoms with Crippen LogP contribution in [0.5, 0.6) is 0 Å². The predicted molar refractivity (Wildman–Crippen MR) is 148 cm³/mol. The first kappa shape index (κ1) is 27.8. The molecule has 0 radical (unpaired) electrons. The molecule has 6 heteroatoms. The maximum absolute atomic E-state index is 14.1. The molecule has 1 atom stereocenters. The largest absolute Gasteiger partial charge is 0.350 e. The van der Waals surface area contributed by atoms with Gasteiger partial charge < -0.3 is 10.2 Å². The van der Waals surface area contributed by atoms with Gasteiger partial charge in [-0.3, -0.25) is 9.59 Å². The Balaban J connectivity index is 2.01. The third-order valence-electron chi connectivity index (χ3n) is 6.06. The number of amides is 2. The van der Waals surface area contributed by atoms with Gasteiger partial charge in [0, 0.05) is 40.0 Å². The van der Waals surface area contributed by atoms with E-state index in [1.807, 2.05) is 88.4 Å². The molecule has 2 amide bonds. The highest BCUT2D eigenvalue weighted by Gasteiger charge is 2.33. The Morgan fingerprint density at radius 2 is 1.33 bits per heavy atom. The molecule has 190 valence electrons. The molecular weight excluding hydrogens is 491 g/mol. The molecule has 4 nitrogen and oxygen atoms in total. The maximum atomic E-state index is 14.1. The summed E-state index contributed by atoms with van der Waals surface area (Å²) in [6.45, 7) is 7.83. The molecule has 0 aliphatic heterocycles. The van der Waals surface area contributed by atoms with Crippen molar-refractivity contribution in [2.45, 2.75) is 64.6 Å². The van der Waals surface area contributed by atoms with Crippen LogP contribution >= 0.6 is 23.2 Å². The molecule has 36 heavy (non-hydrogen) atoms. The third-order valence-corrected chi connectivity index (χ3v) is 6.77. The van der Waals surface area contributed by atoms with Crippen molar-refractivity contribution in [2.24, 2.45) is 0 Å². The van der Waals surface area contributed by atoms with Gasteiger partial charge in [-0.25, -0.2) is 0 Å². The predicted octanol–water partition coefficient (Wildman–Crippen LogP) is 7.24. The van der Waals surface area contributed by atoms with Gasteiger partial charge in [0.2, 0.25) is 11.8 Å². The lowest BCUT2D eigenvalue weighted by Crippen LogP contribution is -2.53. The molecule has 0 aliphatic carbocycles. The fourth-order valence-corrected chi connectivity index (χ4v) is 4.83. The average Bonchev–Trinajstić information content (AvgIpc) is 2.84. The number of benzene rings is 3. The standard InChI is InChI=1S/C30H34Cl2N2O2/c1-5-27(29(36)33-30(2,3)4)34(20-24-25(31)17-12-18-26(24)32)28(35)19-23(21-13-8-6-9-14-21)22-15-10-7-11-16-22/h6-18,23,27H,5,19-20H2,1-4H3,(H,33,36). The Kier molecular flexibility index (Phi) is 9.58. The van der Waals surface area contributed by atoms with Gasteiger partial charge in [0.15, 0.2) is 0 Å². The molecule has 0 spiro atoms. The molecule has 0 aliphatic rings. The van der Waals surface area contributed by atoms with E-state index in [1.165, 1.54) is 0 Å². The van der Waals surface area contributed by atoms with Crippen molar-refractivity contribution >= 4 is 35.0 Å². The first-order valence-corrected chi connectivity index (χ1v) is 13.0. The summed E-state index contributed by atoms with van der Waals surface area (Å²) in [7, 11) is 0. The summed E-state index contributed by atoms with van der Waals surface area (Å²) in [4.78, 5) is 29.0. The van der Waals surface area contributed by atoms with Gasteiger partial charge in [-0.1, -0.05) is 96.9 Å². The summed E-state index contributed by atoms with van der Waals surface area (Å²) < 4.78 is 0. The summed E-state index contributed by atoms with van der Waals surface area (Å²) in [5, 5.41) is 3.97. The number of carbonyl (C=O) groups is 2. The van der Waals surface area contributed by atoms with Crippen molar-refractivity contribution in [3.63, 3.8) is 0 Å². The van der Waals surface area contributed by atoms with Crippen LogP contribution in [0.15, 0.2) is 78.9 Å². The number of nitrogens with zero attached hydrogens (tertiary/aromatic N) is 1. The van der Waals surface area contributed by atoms with Crippen LogP contribution in [-0.2, 0) is 16.1 Å². The molecule has 0 saturated carbocycles. The van der Waals surface area contributed by atoms with Crippen LogP contribution in [0.4, 0.5) is 0 Å². The molecular formula is C30H34Cl2N2O2. The quantitative estimate of drug-likeness (QED) is 0.320. The zero-order chi connectivity index (χ0) is 26.3. The molecule has 0 fully saturated rings. The van der Waals surface area contributed by atoms with Gasteiger partial charge in [-0.2, -0.15) is 0 Å². The second-order valence-corrected chi connectivity index (χ2v) is 10.8. The number of halogens is 2. The van der Waals surface area contributed by atoms with Crippen LogP contribution < -0.4 is 5.32 Å². The number of nitrogens with one attached hydrogen (secondary N) is 1. The Labute approximate surface area is 224 Å². The van der Waals surface area contributed by atoms with E-state index in [0.717, 1.165) is 11.1 Å². The van der Waals surface area contributed by atoms with Crippen molar-refractivity contribution in [1.82, 2.24) is 10.2 Å². The zero-order valence-electron chi connectivity index (χ0n) is 21.3. The summed E-state index contributed by atoms with van der Waals surface area (Å²) in [5.74, 6) is -0.496. The van der Waals surface area contributed by atoms with Gasteiger partial charge in [0.1, 0.15) is 6.04 Å². The van der Waals surface area contributed by atoms with E-state index in [1.54, 1.807) is 23.1 Å². The fourth-order valence-electron chi connectivity index (χ4n) is 4.32. The first-order chi connectivity index (χ1) is 17.1. The third kappa shape index (κ3) is 7.35. The highest BCUT2D eigenvalue weighted by Crippen LogP contribution is 2.31. The van der Waals surface area contributed by atoms with Crippen LogP contribution in [0, 0.1) is 0 Å². The van der Waals surface area contributed by atoms with Crippen molar-refractivity contribution in [2.75, 3.05) is 0 Å². The summed E-state index contributed by atoms with van der Waals surface area (Å²) in [6.07, 6.45) is 0.659. The van der Waals surface area contributed by atoms with Crippen molar-refractivity contribution in [1.29, 1.82) is 0 Å². The average molecular weight is 526 g/mol. The minimum Gasteiger partial charge on any atom is -0.350 e. The summed E-state index contributed by atoms with van der Waals surface area (Å²) in [5.41, 5.74) is 2.28. The van der Waals surface area contributed by atoms with Gasteiger partial charge in [0.25, 0.3) is 0 Å². The fraction of sp³-hybridized carbons (Fsp3) is 0.333. The first-order valence-electron chi connectivity index (χ1n) is 12.2. The lowest BCUT2D eigenvalue weighted by atomic mass is 9.88. The van der Waals surface area contributed by atoms with E-state index in [9.17, 15) is 9.59 Å². The number of carbonyl (C=O) groups excluding carboxylic acids is 2. The molecule has 3 rings (SSSR count). The minimum atomic E-state index is -0.670. The Morgan fingerprint density at radius 1 is 0.833 bits per heavy atom. The molecule has 3 aromatic carbocycles. The van der Waals surface area contributed by atoms with Crippen LogP contribution in [0.1, 0.15) is 63.1 Å². The van der Waals surface area contributed by atoms with Crippen LogP contribution in [0.3, 0.4) is 0 Å². The van der Waals surface area contributed by atoms with Crippen LogP contribution in [0.25, 0.3) is 0 Å². The number of rotatable bonds is 9. The topological polar surface area (TPSA) is 49.4 Å². The second-order valence-electron chi connectivity index (χ2n) is 9.96. The molecule has 0 aromatic heterocycles. The monoisotopic (exact) mass is 524 g/mol. The van der Waals surface area contributed by atoms with Crippen LogP contribution in [0.2, 0.25) is 10.0 Å². The highest BCUT2D eigenvalue weighted by atomic mass is 35.5. The SMILES string of the molecule is CCC(C(=O)NC(C)(C)C)N(Cc1c(Cl)cccc1Cl)C(=O)CC(c1ccccc1)c1ccccc1. The van der Waals surface area contributed by atoms with Crippen LogP contribution in [-0.4, -0.2) is 28.3 Å². The zero-order valence-corrected chi connectivity index (χ0v) is 22.8. The molecule has 1 unspecified atom stereocenters. The van der Waals surface area contributed by atoms with Crippen molar-refractivity contribution in [3.8, 4) is 0 Å². The van der Waals surface area contributed by atoms with Crippen molar-refractivity contribution in [3.05, 3.63) is 106 Å². The minimum absolute atomic E-state index is 0.139. The number of hydrogen-bond donors (Lipinski definition) is 1. The van der Waals surface area contributed by atoms with E-state index < -0.39 is 11.6 Å². The normalized spacial score (nSPS) is 12.3. The van der Waals surface area contributed by atoms with E-state index in [2.05, 4.69) is 5.32 Å². The molecule has 0 saturated heterocycles. The second kappa shape index (κ2) is 12.4. The Morgan fingerprint density at radius 3 is 1.78 bits per heavy atom. The molecule has 0 bridgehead atoms. The van der Waals surface area contributed by atoms with Gasteiger partial charge in [-0.15, -0.1) is 0 Å². The van der Waals surface area contributed by atoms with Gasteiger partial charge >= 0.3 is 0 Å². The Bertz CT molecular complexity index is 1100. The van der Waals surface area contributed by atoms with E-state index in [4.69, 9.17) is 23.2 Å². The summed E-state index contributed by atoms with van der Waals surface area (Å²) in [6, 6.07) is 24.5. The number of hydrogen-bond acceptors (Lipinski definition) is 2. The summed E-state index contributed by atoms with van der Waals surface area (Å²) >= 11 is 13.0. The Hall–Kier alpha value is -2.82. The van der Waals surface area contributed by atoms with Crippen molar-refractivity contribution < 1.29 is 9.59 Å². The smallest absolute Gasteiger partial charge is 0.243 e. The maximum Gasteiger partial charge on any atom is 0.243 e. The molecule has 3 aromatic rings. The highest BCUT2D eigenvalue weighted by molar-refractivity contribution is 6.36. The molecule has 0 heterocycles.